The van der Waals surface area contributed by atoms with Gasteiger partial charge in [0.1, 0.15) is 11.9 Å². The second-order valence-electron chi connectivity index (χ2n) is 6.17. The van der Waals surface area contributed by atoms with Gasteiger partial charge < -0.3 is 11.1 Å². The van der Waals surface area contributed by atoms with Gasteiger partial charge in [0, 0.05) is 12.0 Å². The smallest absolute Gasteiger partial charge is 0.251 e. The summed E-state index contributed by atoms with van der Waals surface area (Å²) in [6.07, 6.45) is -0.00412. The van der Waals surface area contributed by atoms with E-state index in [0.29, 0.717) is 11.1 Å². The largest absolute Gasteiger partial charge is 0.368 e. The van der Waals surface area contributed by atoms with E-state index >= 15 is 0 Å². The molecule has 3 aromatic carbocycles. The number of nitrogens with one attached hydrogen (secondary N) is 1. The van der Waals surface area contributed by atoms with Gasteiger partial charge in [-0.2, -0.15) is 0 Å². The van der Waals surface area contributed by atoms with E-state index in [4.69, 9.17) is 5.73 Å². The number of nitrogens with two attached hydrogens (primary N) is 1. The third-order valence-corrected chi connectivity index (χ3v) is 4.28. The van der Waals surface area contributed by atoms with E-state index in [9.17, 15) is 14.0 Å². The first kappa shape index (κ1) is 18.3. The number of primary amides is 1. The maximum atomic E-state index is 13.8. The average molecular weight is 362 g/mol. The summed E-state index contributed by atoms with van der Waals surface area (Å²) in [7, 11) is 0. The monoisotopic (exact) mass is 362 g/mol. The summed E-state index contributed by atoms with van der Waals surface area (Å²) < 4.78 is 13.8. The lowest BCUT2D eigenvalue weighted by Gasteiger charge is -2.16. The van der Waals surface area contributed by atoms with Crippen molar-refractivity contribution in [3.63, 3.8) is 0 Å². The van der Waals surface area contributed by atoms with Crippen molar-refractivity contribution in [1.29, 1.82) is 0 Å². The summed E-state index contributed by atoms with van der Waals surface area (Å²) in [6.45, 7) is 0. The molecule has 0 saturated carbocycles. The van der Waals surface area contributed by atoms with Crippen LogP contribution in [0.4, 0.5) is 4.39 Å². The van der Waals surface area contributed by atoms with Crippen molar-refractivity contribution in [1.82, 2.24) is 5.32 Å². The maximum absolute atomic E-state index is 13.8. The normalized spacial score (nSPS) is 11.6. The zero-order valence-electron chi connectivity index (χ0n) is 14.6. The van der Waals surface area contributed by atoms with Crippen molar-refractivity contribution in [2.24, 2.45) is 5.73 Å². The molecular weight excluding hydrogens is 343 g/mol. The molecule has 27 heavy (non-hydrogen) atoms. The summed E-state index contributed by atoms with van der Waals surface area (Å²) in [6, 6.07) is 21.9. The Morgan fingerprint density at radius 1 is 0.852 bits per heavy atom. The Hall–Kier alpha value is -3.47. The summed E-state index contributed by atoms with van der Waals surface area (Å²) in [4.78, 5) is 24.2. The van der Waals surface area contributed by atoms with Gasteiger partial charge in [-0.1, -0.05) is 60.7 Å². The Labute approximate surface area is 156 Å². The third kappa shape index (κ3) is 4.58. The first-order valence-electron chi connectivity index (χ1n) is 8.53. The quantitative estimate of drug-likeness (QED) is 0.706. The zero-order valence-corrected chi connectivity index (χ0v) is 14.6. The number of hydrogen-bond acceptors (Lipinski definition) is 2. The minimum atomic E-state index is -0.997. The highest BCUT2D eigenvalue weighted by Gasteiger charge is 2.20. The van der Waals surface area contributed by atoms with E-state index in [1.165, 1.54) is 6.07 Å². The molecule has 1 atom stereocenters. The van der Waals surface area contributed by atoms with Crippen LogP contribution in [0.1, 0.15) is 15.9 Å². The number of carbonyl (C=O) groups excluding carboxylic acids is 2. The fourth-order valence-electron chi connectivity index (χ4n) is 2.79. The minimum Gasteiger partial charge on any atom is -0.368 e. The van der Waals surface area contributed by atoms with Crippen LogP contribution in [0.15, 0.2) is 78.9 Å². The Bertz CT molecular complexity index is 940. The van der Waals surface area contributed by atoms with Gasteiger partial charge in [-0.05, 0) is 34.9 Å². The Kier molecular flexibility index (Phi) is 5.61. The molecule has 136 valence electrons. The SMILES string of the molecule is NC(=O)[C@@H](Cc1ccccc1F)NC(=O)c1ccc(-c2ccccc2)cc1. The molecule has 4 nitrogen and oxygen atoms in total. The molecule has 0 saturated heterocycles. The first-order chi connectivity index (χ1) is 13.0. The number of hydrogen-bond donors (Lipinski definition) is 2. The summed E-state index contributed by atoms with van der Waals surface area (Å²) in [5.74, 6) is -1.59. The highest BCUT2D eigenvalue weighted by Crippen LogP contribution is 2.19. The molecule has 0 bridgehead atoms. The number of halogens is 1. The van der Waals surface area contributed by atoms with Crippen molar-refractivity contribution in [3.8, 4) is 11.1 Å². The van der Waals surface area contributed by atoms with Crippen LogP contribution in [-0.4, -0.2) is 17.9 Å². The maximum Gasteiger partial charge on any atom is 0.251 e. The van der Waals surface area contributed by atoms with Crippen molar-refractivity contribution in [3.05, 3.63) is 95.8 Å². The lowest BCUT2D eigenvalue weighted by Crippen LogP contribution is -2.46. The Morgan fingerprint density at radius 3 is 2.07 bits per heavy atom. The molecule has 0 aromatic heterocycles. The molecule has 0 unspecified atom stereocenters. The lowest BCUT2D eigenvalue weighted by atomic mass is 10.0. The van der Waals surface area contributed by atoms with E-state index in [1.54, 1.807) is 30.3 Å². The predicted octanol–water partition coefficient (Wildman–Crippen LogP) is 3.32. The Morgan fingerprint density at radius 2 is 1.44 bits per heavy atom. The van der Waals surface area contributed by atoms with Gasteiger partial charge in [-0.3, -0.25) is 9.59 Å². The molecule has 0 aliphatic heterocycles. The van der Waals surface area contributed by atoms with Crippen LogP contribution in [0.3, 0.4) is 0 Å². The predicted molar refractivity (Wildman–Crippen MR) is 102 cm³/mol. The molecule has 0 heterocycles. The molecule has 0 aliphatic rings. The van der Waals surface area contributed by atoms with Crippen LogP contribution >= 0.6 is 0 Å². The van der Waals surface area contributed by atoms with Gasteiger partial charge in [-0.15, -0.1) is 0 Å². The van der Waals surface area contributed by atoms with Crippen LogP contribution < -0.4 is 11.1 Å². The van der Waals surface area contributed by atoms with Crippen molar-refractivity contribution in [2.75, 3.05) is 0 Å². The van der Waals surface area contributed by atoms with E-state index in [0.717, 1.165) is 11.1 Å². The molecule has 5 heteroatoms. The molecule has 0 aliphatic carbocycles. The summed E-state index contributed by atoms with van der Waals surface area (Å²) in [5, 5.41) is 2.59. The van der Waals surface area contributed by atoms with E-state index in [-0.39, 0.29) is 6.42 Å². The van der Waals surface area contributed by atoms with Crippen molar-refractivity contribution < 1.29 is 14.0 Å². The van der Waals surface area contributed by atoms with Crippen LogP contribution in [-0.2, 0) is 11.2 Å². The van der Waals surface area contributed by atoms with Gasteiger partial charge in [0.25, 0.3) is 5.91 Å². The standard InChI is InChI=1S/C22H19FN2O2/c23-19-9-5-4-8-18(19)14-20(21(24)26)25-22(27)17-12-10-16(11-13-17)15-6-2-1-3-7-15/h1-13,20H,14H2,(H2,24,26)(H,25,27)/t20-/m1/s1. The lowest BCUT2D eigenvalue weighted by molar-refractivity contribution is -0.119. The van der Waals surface area contributed by atoms with Gasteiger partial charge in [-0.25, -0.2) is 4.39 Å². The fourth-order valence-corrected chi connectivity index (χ4v) is 2.79. The number of amides is 2. The van der Waals surface area contributed by atoms with Crippen molar-refractivity contribution >= 4 is 11.8 Å². The van der Waals surface area contributed by atoms with Crippen LogP contribution in [0.5, 0.6) is 0 Å². The molecular formula is C22H19FN2O2. The van der Waals surface area contributed by atoms with Gasteiger partial charge in [0.15, 0.2) is 0 Å². The fraction of sp³-hybridized carbons (Fsp3) is 0.0909. The van der Waals surface area contributed by atoms with Gasteiger partial charge in [0.05, 0.1) is 0 Å². The molecule has 2 amide bonds. The number of carbonyl (C=O) groups is 2. The minimum absolute atomic E-state index is 0.00412. The molecule has 3 N–H and O–H groups in total. The van der Waals surface area contributed by atoms with Crippen LogP contribution in [0.25, 0.3) is 11.1 Å². The van der Waals surface area contributed by atoms with Gasteiger partial charge in [0.2, 0.25) is 5.91 Å². The van der Waals surface area contributed by atoms with Gasteiger partial charge >= 0.3 is 0 Å². The molecule has 0 spiro atoms. The highest BCUT2D eigenvalue weighted by atomic mass is 19.1. The second-order valence-corrected chi connectivity index (χ2v) is 6.17. The number of rotatable bonds is 6. The average Bonchev–Trinajstić information content (AvgIpc) is 2.69. The van der Waals surface area contributed by atoms with E-state index < -0.39 is 23.7 Å². The number of benzene rings is 3. The molecule has 0 radical (unpaired) electrons. The topological polar surface area (TPSA) is 72.2 Å². The van der Waals surface area contributed by atoms with Crippen LogP contribution in [0, 0.1) is 5.82 Å². The molecule has 3 aromatic rings. The highest BCUT2D eigenvalue weighted by molar-refractivity contribution is 5.97. The van der Waals surface area contributed by atoms with E-state index in [2.05, 4.69) is 5.32 Å². The molecule has 0 fully saturated rings. The second kappa shape index (κ2) is 8.27. The summed E-state index contributed by atoms with van der Waals surface area (Å²) >= 11 is 0. The van der Waals surface area contributed by atoms with Crippen LogP contribution in [0.2, 0.25) is 0 Å². The Balaban J connectivity index is 1.72. The molecule has 3 rings (SSSR count). The van der Waals surface area contributed by atoms with E-state index in [1.807, 2.05) is 42.5 Å². The first-order valence-corrected chi connectivity index (χ1v) is 8.53. The zero-order chi connectivity index (χ0) is 19.2. The third-order valence-electron chi connectivity index (χ3n) is 4.28. The van der Waals surface area contributed by atoms with Crippen molar-refractivity contribution in [2.45, 2.75) is 12.5 Å². The summed E-state index contributed by atoms with van der Waals surface area (Å²) in [5.41, 5.74) is 8.12.